The fourth-order valence-corrected chi connectivity index (χ4v) is 2.71. The summed E-state index contributed by atoms with van der Waals surface area (Å²) in [7, 11) is 0. The third-order valence-corrected chi connectivity index (χ3v) is 4.37. The Balaban J connectivity index is 1.79. The number of hydrogen-bond acceptors (Lipinski definition) is 5. The Labute approximate surface area is 159 Å². The lowest BCUT2D eigenvalue weighted by atomic mass is 9.87. The maximum absolute atomic E-state index is 10.4. The highest BCUT2D eigenvalue weighted by Crippen LogP contribution is 2.28. The Hall–Kier alpha value is -3.17. The molecule has 0 saturated carbocycles. The van der Waals surface area contributed by atoms with Crippen molar-refractivity contribution < 1.29 is 5.11 Å². The Kier molecular flexibility index (Phi) is 4.98. The van der Waals surface area contributed by atoms with E-state index < -0.39 is 5.60 Å². The molecule has 0 amide bonds. The molecular formula is C21H23N5O. The predicted octanol–water partition coefficient (Wildman–Crippen LogP) is 4.27. The van der Waals surface area contributed by atoms with Crippen molar-refractivity contribution in [1.29, 1.82) is 5.26 Å². The van der Waals surface area contributed by atoms with Gasteiger partial charge in [-0.25, -0.2) is 4.99 Å². The first-order valence-electron chi connectivity index (χ1n) is 8.79. The minimum Gasteiger partial charge on any atom is -0.380 e. The van der Waals surface area contributed by atoms with Crippen LogP contribution in [-0.4, -0.2) is 27.1 Å². The molecule has 2 aromatic rings. The van der Waals surface area contributed by atoms with Gasteiger partial charge in [0, 0.05) is 18.3 Å². The van der Waals surface area contributed by atoms with Crippen LogP contribution in [0, 0.1) is 11.3 Å². The van der Waals surface area contributed by atoms with Crippen molar-refractivity contribution in [1.82, 2.24) is 10.2 Å². The molecule has 6 nitrogen and oxygen atoms in total. The van der Waals surface area contributed by atoms with E-state index in [1.54, 1.807) is 12.2 Å². The maximum atomic E-state index is 10.4. The van der Waals surface area contributed by atoms with Gasteiger partial charge in [0.1, 0.15) is 23.1 Å². The predicted molar refractivity (Wildman–Crippen MR) is 108 cm³/mol. The summed E-state index contributed by atoms with van der Waals surface area (Å²) in [4.78, 5) is 4.22. The lowest BCUT2D eigenvalue weighted by Crippen LogP contribution is -2.27. The molecule has 0 saturated heterocycles. The first-order chi connectivity index (χ1) is 12.8. The van der Waals surface area contributed by atoms with Gasteiger partial charge in [0.05, 0.1) is 0 Å². The van der Waals surface area contributed by atoms with Crippen LogP contribution in [0.5, 0.6) is 0 Å². The van der Waals surface area contributed by atoms with Gasteiger partial charge in [0.2, 0.25) is 0 Å². The quantitative estimate of drug-likeness (QED) is 0.708. The number of aromatic nitrogens is 2. The first-order valence-corrected chi connectivity index (χ1v) is 8.79. The van der Waals surface area contributed by atoms with Crippen molar-refractivity contribution in [3.63, 3.8) is 0 Å². The second-order valence-electron chi connectivity index (χ2n) is 7.60. The highest BCUT2D eigenvalue weighted by Gasteiger charge is 2.21. The largest absolute Gasteiger partial charge is 0.380 e. The van der Waals surface area contributed by atoms with Crippen LogP contribution in [0.4, 0.5) is 17.3 Å². The van der Waals surface area contributed by atoms with Crippen LogP contribution >= 0.6 is 0 Å². The molecule has 1 aromatic carbocycles. The van der Waals surface area contributed by atoms with Crippen molar-refractivity contribution in [2.45, 2.75) is 38.2 Å². The zero-order valence-electron chi connectivity index (χ0n) is 15.7. The average Bonchev–Trinajstić information content (AvgIpc) is 3.02. The smallest absolute Gasteiger partial charge is 0.193 e. The van der Waals surface area contributed by atoms with E-state index >= 15 is 0 Å². The molecule has 0 bridgehead atoms. The SMILES string of the molecule is CC(C)(C)c1ccc(Nc2[nH]nc(N=CC3(O)C=CC=CC3)c2C#N)cc1. The van der Waals surface area contributed by atoms with E-state index in [9.17, 15) is 10.4 Å². The topological polar surface area (TPSA) is 97.1 Å². The normalized spacial score (nSPS) is 19.4. The number of nitriles is 1. The first kappa shape index (κ1) is 18.6. The number of H-pyrrole nitrogens is 1. The lowest BCUT2D eigenvalue weighted by molar-refractivity contribution is 0.170. The molecule has 1 atom stereocenters. The molecule has 0 aliphatic heterocycles. The van der Waals surface area contributed by atoms with Crippen molar-refractivity contribution in [3.8, 4) is 6.07 Å². The van der Waals surface area contributed by atoms with Gasteiger partial charge >= 0.3 is 0 Å². The molecule has 0 fully saturated rings. The van der Waals surface area contributed by atoms with E-state index in [-0.39, 0.29) is 11.2 Å². The van der Waals surface area contributed by atoms with E-state index in [0.29, 0.717) is 17.8 Å². The van der Waals surface area contributed by atoms with Gasteiger partial charge in [0.15, 0.2) is 5.82 Å². The van der Waals surface area contributed by atoms with Gasteiger partial charge in [-0.2, -0.15) is 10.4 Å². The number of rotatable bonds is 4. The van der Waals surface area contributed by atoms with Crippen molar-refractivity contribution >= 4 is 23.5 Å². The summed E-state index contributed by atoms with van der Waals surface area (Å²) >= 11 is 0. The van der Waals surface area contributed by atoms with Crippen LogP contribution in [0.1, 0.15) is 38.3 Å². The van der Waals surface area contributed by atoms with Gasteiger partial charge in [-0.1, -0.05) is 51.1 Å². The van der Waals surface area contributed by atoms with Gasteiger partial charge in [-0.3, -0.25) is 5.10 Å². The second-order valence-corrected chi connectivity index (χ2v) is 7.60. The zero-order valence-corrected chi connectivity index (χ0v) is 15.7. The molecule has 1 unspecified atom stereocenters. The fourth-order valence-electron chi connectivity index (χ4n) is 2.71. The third kappa shape index (κ3) is 4.33. The van der Waals surface area contributed by atoms with Crippen LogP contribution in [0.3, 0.4) is 0 Å². The van der Waals surface area contributed by atoms with Crippen LogP contribution in [0.15, 0.2) is 53.6 Å². The molecule has 0 spiro atoms. The zero-order chi connectivity index (χ0) is 19.5. The van der Waals surface area contributed by atoms with Crippen LogP contribution in [0.2, 0.25) is 0 Å². The average molecular weight is 361 g/mol. The van der Waals surface area contributed by atoms with Crippen molar-refractivity contribution in [3.05, 3.63) is 59.7 Å². The number of aliphatic imine (C=N–C) groups is 1. The summed E-state index contributed by atoms with van der Waals surface area (Å²) in [6.07, 6.45) is 8.99. The van der Waals surface area contributed by atoms with E-state index in [0.717, 1.165) is 5.69 Å². The summed E-state index contributed by atoms with van der Waals surface area (Å²) in [6.45, 7) is 6.48. The molecular weight excluding hydrogens is 338 g/mol. The second kappa shape index (κ2) is 7.22. The Morgan fingerprint density at radius 1 is 1.30 bits per heavy atom. The molecule has 138 valence electrons. The molecule has 3 rings (SSSR count). The van der Waals surface area contributed by atoms with Crippen molar-refractivity contribution in [2.24, 2.45) is 4.99 Å². The Bertz CT molecular complexity index is 938. The number of nitrogens with one attached hydrogen (secondary N) is 2. The van der Waals surface area contributed by atoms with Crippen LogP contribution in [0.25, 0.3) is 0 Å². The molecule has 0 radical (unpaired) electrons. The molecule has 1 aromatic heterocycles. The van der Waals surface area contributed by atoms with E-state index in [4.69, 9.17) is 0 Å². The monoisotopic (exact) mass is 361 g/mol. The number of aliphatic hydroxyl groups is 1. The summed E-state index contributed by atoms with van der Waals surface area (Å²) < 4.78 is 0. The highest BCUT2D eigenvalue weighted by molar-refractivity contribution is 5.78. The van der Waals surface area contributed by atoms with Gasteiger partial charge < -0.3 is 10.4 Å². The summed E-state index contributed by atoms with van der Waals surface area (Å²) in [5, 5.41) is 30.0. The number of benzene rings is 1. The van der Waals surface area contributed by atoms with E-state index in [2.05, 4.69) is 59.5 Å². The number of hydrogen-bond donors (Lipinski definition) is 3. The van der Waals surface area contributed by atoms with Crippen LogP contribution in [-0.2, 0) is 5.41 Å². The molecule has 1 aliphatic rings. The molecule has 3 N–H and O–H groups in total. The van der Waals surface area contributed by atoms with E-state index in [1.807, 2.05) is 24.3 Å². The Morgan fingerprint density at radius 3 is 2.63 bits per heavy atom. The van der Waals surface area contributed by atoms with Crippen LogP contribution < -0.4 is 5.32 Å². The molecule has 6 heteroatoms. The molecule has 1 heterocycles. The van der Waals surface area contributed by atoms with Gasteiger partial charge in [-0.05, 0) is 29.2 Å². The molecule has 27 heavy (non-hydrogen) atoms. The lowest BCUT2D eigenvalue weighted by Gasteiger charge is -2.19. The number of allylic oxidation sites excluding steroid dienone is 2. The van der Waals surface area contributed by atoms with Gasteiger partial charge in [0.25, 0.3) is 0 Å². The summed E-state index contributed by atoms with van der Waals surface area (Å²) in [5.74, 6) is 0.710. The molecule has 1 aliphatic carbocycles. The van der Waals surface area contributed by atoms with Gasteiger partial charge in [-0.15, -0.1) is 0 Å². The van der Waals surface area contributed by atoms with E-state index in [1.165, 1.54) is 11.8 Å². The Morgan fingerprint density at radius 2 is 2.04 bits per heavy atom. The number of anilines is 2. The minimum absolute atomic E-state index is 0.0786. The third-order valence-electron chi connectivity index (χ3n) is 4.37. The van der Waals surface area contributed by atoms with Crippen molar-refractivity contribution in [2.75, 3.05) is 5.32 Å². The maximum Gasteiger partial charge on any atom is 0.193 e. The highest BCUT2D eigenvalue weighted by atomic mass is 16.3. The standard InChI is InChI=1S/C21H23N5O/c1-20(2,3)15-7-9-16(10-8-15)24-19-17(13-22)18(25-26-19)23-14-21(27)11-5-4-6-12-21/h4-11,14,27H,12H2,1-3H3,(H2,24,25,26). The summed E-state index contributed by atoms with van der Waals surface area (Å²) in [6, 6.07) is 10.2. The summed E-state index contributed by atoms with van der Waals surface area (Å²) in [5.41, 5.74) is 1.29. The fraction of sp³-hybridized carbons (Fsp3) is 0.286. The number of nitrogens with zero attached hydrogens (tertiary/aromatic N) is 3. The number of aromatic amines is 1. The minimum atomic E-state index is -1.16.